The maximum Gasteiger partial charge on any atom is 0.416 e. The Bertz CT molecular complexity index is 1040. The summed E-state index contributed by atoms with van der Waals surface area (Å²) in [6.07, 6.45) is 2.19. The Kier molecular flexibility index (Phi) is 5.52. The number of nitrogens with one attached hydrogen (secondary N) is 1. The first-order chi connectivity index (χ1) is 14.4. The molecule has 1 aromatic carbocycles. The molecule has 1 aliphatic rings. The number of hydrogen-bond donors (Lipinski definition) is 1. The molecular formula is C21H20F3N5O. The number of amides is 1. The van der Waals surface area contributed by atoms with Gasteiger partial charge in [-0.1, -0.05) is 12.1 Å². The largest absolute Gasteiger partial charge is 0.416 e. The van der Waals surface area contributed by atoms with Crippen molar-refractivity contribution in [2.24, 2.45) is 5.92 Å². The number of rotatable bonds is 4. The topological polar surface area (TPSA) is 71.0 Å². The molecule has 1 fully saturated rings. The van der Waals surface area contributed by atoms with Crippen molar-refractivity contribution < 1.29 is 18.0 Å². The second-order valence-corrected chi connectivity index (χ2v) is 7.29. The van der Waals surface area contributed by atoms with Gasteiger partial charge in [-0.15, -0.1) is 0 Å². The normalized spacial score (nSPS) is 17.2. The molecule has 0 radical (unpaired) electrons. The molecule has 0 saturated carbocycles. The van der Waals surface area contributed by atoms with Crippen LogP contribution in [0.25, 0.3) is 11.2 Å². The molecule has 3 aromatic rings. The van der Waals surface area contributed by atoms with Gasteiger partial charge in [0.05, 0.1) is 23.4 Å². The third kappa shape index (κ3) is 4.50. The van der Waals surface area contributed by atoms with Crippen molar-refractivity contribution in [2.45, 2.75) is 25.6 Å². The van der Waals surface area contributed by atoms with E-state index in [1.807, 2.05) is 6.07 Å². The van der Waals surface area contributed by atoms with Gasteiger partial charge < -0.3 is 10.2 Å². The number of carbonyl (C=O) groups is 1. The van der Waals surface area contributed by atoms with E-state index in [0.29, 0.717) is 23.3 Å². The second kappa shape index (κ2) is 8.25. The smallest absolute Gasteiger partial charge is 0.369 e. The standard InChI is InChI=1S/C21H20F3N5O/c22-21(23,24)16-5-3-14(4-6-16)11-28-20(30)15-2-1-9-29(13-15)17-10-18-19(27-12-17)26-8-7-25-18/h3-8,10,12,15H,1-2,9,11,13H2,(H,28,30). The highest BCUT2D eigenvalue weighted by Gasteiger charge is 2.30. The first kappa shape index (κ1) is 20.1. The summed E-state index contributed by atoms with van der Waals surface area (Å²) >= 11 is 0. The van der Waals surface area contributed by atoms with Crippen molar-refractivity contribution in [1.82, 2.24) is 20.3 Å². The second-order valence-electron chi connectivity index (χ2n) is 7.29. The van der Waals surface area contributed by atoms with E-state index in [-0.39, 0.29) is 18.4 Å². The molecule has 1 amide bonds. The van der Waals surface area contributed by atoms with E-state index in [4.69, 9.17) is 0 Å². The van der Waals surface area contributed by atoms with Gasteiger partial charge >= 0.3 is 6.18 Å². The molecule has 6 nitrogen and oxygen atoms in total. The average Bonchev–Trinajstić information content (AvgIpc) is 2.77. The van der Waals surface area contributed by atoms with Crippen LogP contribution >= 0.6 is 0 Å². The number of fused-ring (bicyclic) bond motifs is 1. The Morgan fingerprint density at radius 1 is 1.13 bits per heavy atom. The first-order valence-corrected chi connectivity index (χ1v) is 9.66. The molecule has 1 saturated heterocycles. The quantitative estimate of drug-likeness (QED) is 0.705. The van der Waals surface area contributed by atoms with Crippen LogP contribution in [0.5, 0.6) is 0 Å². The molecule has 1 aliphatic heterocycles. The van der Waals surface area contributed by atoms with E-state index in [1.165, 1.54) is 12.1 Å². The summed E-state index contributed by atoms with van der Waals surface area (Å²) in [7, 11) is 0. The zero-order valence-electron chi connectivity index (χ0n) is 16.1. The number of benzene rings is 1. The van der Waals surface area contributed by atoms with Crippen LogP contribution < -0.4 is 10.2 Å². The summed E-state index contributed by atoms with van der Waals surface area (Å²) < 4.78 is 38.0. The number of nitrogens with zero attached hydrogens (tertiary/aromatic N) is 4. The van der Waals surface area contributed by atoms with Gasteiger partial charge in [-0.25, -0.2) is 9.97 Å². The fourth-order valence-electron chi connectivity index (χ4n) is 3.59. The van der Waals surface area contributed by atoms with Crippen LogP contribution in [0.1, 0.15) is 24.0 Å². The Labute approximate surface area is 171 Å². The minimum Gasteiger partial charge on any atom is -0.369 e. The van der Waals surface area contributed by atoms with Crippen LogP contribution in [0.15, 0.2) is 48.9 Å². The molecule has 9 heteroatoms. The summed E-state index contributed by atoms with van der Waals surface area (Å²) in [6.45, 7) is 1.56. The third-order valence-corrected chi connectivity index (χ3v) is 5.22. The maximum absolute atomic E-state index is 12.7. The lowest BCUT2D eigenvalue weighted by Gasteiger charge is -2.33. The fourth-order valence-corrected chi connectivity index (χ4v) is 3.59. The van der Waals surface area contributed by atoms with Crippen molar-refractivity contribution >= 4 is 22.8 Å². The highest BCUT2D eigenvalue weighted by molar-refractivity contribution is 5.80. The van der Waals surface area contributed by atoms with Gasteiger partial charge in [-0.05, 0) is 36.6 Å². The van der Waals surface area contributed by atoms with Gasteiger partial charge in [-0.2, -0.15) is 13.2 Å². The molecule has 156 valence electrons. The van der Waals surface area contributed by atoms with E-state index in [0.717, 1.165) is 37.2 Å². The summed E-state index contributed by atoms with van der Waals surface area (Å²) in [5.74, 6) is -0.307. The molecule has 1 unspecified atom stereocenters. The molecule has 1 N–H and O–H groups in total. The van der Waals surface area contributed by atoms with Gasteiger partial charge in [0.1, 0.15) is 5.52 Å². The summed E-state index contributed by atoms with van der Waals surface area (Å²) in [4.78, 5) is 27.5. The van der Waals surface area contributed by atoms with Gasteiger partial charge in [0, 0.05) is 32.0 Å². The third-order valence-electron chi connectivity index (χ3n) is 5.22. The first-order valence-electron chi connectivity index (χ1n) is 9.66. The van der Waals surface area contributed by atoms with Crippen molar-refractivity contribution in [3.63, 3.8) is 0 Å². The molecule has 30 heavy (non-hydrogen) atoms. The molecule has 0 bridgehead atoms. The van der Waals surface area contributed by atoms with Crippen LogP contribution in [-0.2, 0) is 17.5 Å². The number of piperidine rings is 1. The molecular weight excluding hydrogens is 395 g/mol. The number of anilines is 1. The van der Waals surface area contributed by atoms with E-state index in [9.17, 15) is 18.0 Å². The lowest BCUT2D eigenvalue weighted by Crippen LogP contribution is -2.43. The number of aromatic nitrogens is 3. The van der Waals surface area contributed by atoms with Crippen LogP contribution in [0.4, 0.5) is 18.9 Å². The monoisotopic (exact) mass is 415 g/mol. The predicted octanol–water partition coefficient (Wildman–Crippen LogP) is 3.58. The van der Waals surface area contributed by atoms with Crippen LogP contribution in [0.2, 0.25) is 0 Å². The minimum atomic E-state index is -4.36. The number of carbonyl (C=O) groups excluding carboxylic acids is 1. The van der Waals surface area contributed by atoms with E-state index in [1.54, 1.807) is 18.6 Å². The van der Waals surface area contributed by atoms with Crippen LogP contribution in [0, 0.1) is 5.92 Å². The number of halogens is 3. The summed E-state index contributed by atoms with van der Waals surface area (Å²) in [5.41, 5.74) is 2.09. The van der Waals surface area contributed by atoms with Gasteiger partial charge in [-0.3, -0.25) is 9.78 Å². The molecule has 0 aliphatic carbocycles. The molecule has 1 atom stereocenters. The zero-order valence-corrected chi connectivity index (χ0v) is 16.1. The Balaban J connectivity index is 1.37. The Hall–Kier alpha value is -3.23. The van der Waals surface area contributed by atoms with E-state index >= 15 is 0 Å². The van der Waals surface area contributed by atoms with Gasteiger partial charge in [0.15, 0.2) is 5.65 Å². The molecule has 2 aromatic heterocycles. The molecule has 3 heterocycles. The fraction of sp³-hybridized carbons (Fsp3) is 0.333. The van der Waals surface area contributed by atoms with Gasteiger partial charge in [0.2, 0.25) is 5.91 Å². The minimum absolute atomic E-state index is 0.104. The van der Waals surface area contributed by atoms with Crippen LogP contribution in [0.3, 0.4) is 0 Å². The number of alkyl halides is 3. The highest BCUT2D eigenvalue weighted by Crippen LogP contribution is 2.29. The number of pyridine rings is 1. The molecule has 4 rings (SSSR count). The average molecular weight is 415 g/mol. The Morgan fingerprint density at radius 2 is 1.90 bits per heavy atom. The lowest BCUT2D eigenvalue weighted by atomic mass is 9.96. The van der Waals surface area contributed by atoms with Crippen LogP contribution in [-0.4, -0.2) is 33.9 Å². The Morgan fingerprint density at radius 3 is 2.67 bits per heavy atom. The van der Waals surface area contributed by atoms with Crippen molar-refractivity contribution in [1.29, 1.82) is 0 Å². The molecule has 0 spiro atoms. The van der Waals surface area contributed by atoms with E-state index in [2.05, 4.69) is 25.2 Å². The summed E-state index contributed by atoms with van der Waals surface area (Å²) in [6, 6.07) is 6.74. The van der Waals surface area contributed by atoms with Crippen molar-refractivity contribution in [2.75, 3.05) is 18.0 Å². The highest BCUT2D eigenvalue weighted by atomic mass is 19.4. The zero-order chi connectivity index (χ0) is 21.1. The number of hydrogen-bond acceptors (Lipinski definition) is 5. The van der Waals surface area contributed by atoms with E-state index < -0.39 is 11.7 Å². The van der Waals surface area contributed by atoms with Crippen molar-refractivity contribution in [3.8, 4) is 0 Å². The van der Waals surface area contributed by atoms with Crippen molar-refractivity contribution in [3.05, 3.63) is 60.0 Å². The predicted molar refractivity (Wildman–Crippen MR) is 106 cm³/mol. The SMILES string of the molecule is O=C(NCc1ccc(C(F)(F)F)cc1)C1CCCN(c2cnc3nccnc3c2)C1. The summed E-state index contributed by atoms with van der Waals surface area (Å²) in [5, 5.41) is 2.84. The lowest BCUT2D eigenvalue weighted by molar-refractivity contribution is -0.137. The maximum atomic E-state index is 12.7. The van der Waals surface area contributed by atoms with Gasteiger partial charge in [0.25, 0.3) is 0 Å².